The smallest absolute Gasteiger partial charge is 0.271 e. The maximum atomic E-state index is 12.1. The third-order valence-electron chi connectivity index (χ3n) is 3.70. The van der Waals surface area contributed by atoms with E-state index in [9.17, 15) is 9.59 Å². The number of aryl methyl sites for hydroxylation is 2. The van der Waals surface area contributed by atoms with E-state index in [-0.39, 0.29) is 11.8 Å². The summed E-state index contributed by atoms with van der Waals surface area (Å²) in [5.41, 5.74) is 6.91. The number of amides is 2. The summed E-state index contributed by atoms with van der Waals surface area (Å²) >= 11 is 0. The lowest BCUT2D eigenvalue weighted by atomic mass is 10.1. The molecule has 0 aromatic heterocycles. The maximum absolute atomic E-state index is 12.1. The molecule has 0 fully saturated rings. The third kappa shape index (κ3) is 5.57. The van der Waals surface area contributed by atoms with E-state index in [1.54, 1.807) is 30.5 Å². The quantitative estimate of drug-likeness (QED) is 0.621. The normalized spacial score (nSPS) is 10.7. The van der Waals surface area contributed by atoms with Gasteiger partial charge in [0.25, 0.3) is 5.91 Å². The second-order valence-electron chi connectivity index (χ2n) is 5.93. The fraction of sp³-hybridized carbons (Fsp3) is 0.250. The first-order valence-electron chi connectivity index (χ1n) is 8.30. The molecule has 0 aliphatic carbocycles. The highest BCUT2D eigenvalue weighted by Crippen LogP contribution is 2.11. The van der Waals surface area contributed by atoms with Gasteiger partial charge in [-0.15, -0.1) is 0 Å². The van der Waals surface area contributed by atoms with Crippen molar-refractivity contribution in [3.8, 4) is 0 Å². The molecule has 0 aliphatic heterocycles. The van der Waals surface area contributed by atoms with E-state index in [1.807, 2.05) is 32.9 Å². The van der Waals surface area contributed by atoms with Gasteiger partial charge in [0, 0.05) is 17.7 Å². The Morgan fingerprint density at radius 3 is 2.44 bits per heavy atom. The van der Waals surface area contributed by atoms with Crippen LogP contribution in [0.5, 0.6) is 0 Å². The topological polar surface area (TPSA) is 70.6 Å². The fourth-order valence-electron chi connectivity index (χ4n) is 2.35. The van der Waals surface area contributed by atoms with Crippen molar-refractivity contribution in [1.29, 1.82) is 0 Å². The van der Waals surface area contributed by atoms with Crippen molar-refractivity contribution in [2.45, 2.75) is 33.6 Å². The van der Waals surface area contributed by atoms with Crippen molar-refractivity contribution in [1.82, 2.24) is 5.43 Å². The van der Waals surface area contributed by atoms with Crippen molar-refractivity contribution >= 4 is 23.7 Å². The van der Waals surface area contributed by atoms with E-state index >= 15 is 0 Å². The Morgan fingerprint density at radius 2 is 1.80 bits per heavy atom. The van der Waals surface area contributed by atoms with Crippen LogP contribution < -0.4 is 10.7 Å². The Kier molecular flexibility index (Phi) is 6.46. The highest BCUT2D eigenvalue weighted by atomic mass is 16.2. The molecule has 2 aromatic carbocycles. The summed E-state index contributed by atoms with van der Waals surface area (Å²) in [7, 11) is 0. The Labute approximate surface area is 148 Å². The molecule has 0 unspecified atom stereocenters. The molecule has 0 saturated carbocycles. The van der Waals surface area contributed by atoms with Crippen LogP contribution in [-0.2, 0) is 4.79 Å². The molecule has 2 N–H and O–H groups in total. The number of carbonyl (C=O) groups excluding carboxylic acids is 2. The first kappa shape index (κ1) is 18.4. The number of rotatable bonds is 6. The average Bonchev–Trinajstić information content (AvgIpc) is 2.57. The predicted octanol–water partition coefficient (Wildman–Crippen LogP) is 3.81. The van der Waals surface area contributed by atoms with Crippen molar-refractivity contribution in [2.75, 3.05) is 5.32 Å². The summed E-state index contributed by atoms with van der Waals surface area (Å²) in [5, 5.41) is 6.79. The number of carbonyl (C=O) groups is 2. The van der Waals surface area contributed by atoms with Crippen molar-refractivity contribution in [2.24, 2.45) is 5.10 Å². The second kappa shape index (κ2) is 8.78. The predicted molar refractivity (Wildman–Crippen MR) is 101 cm³/mol. The first-order valence-corrected chi connectivity index (χ1v) is 8.30. The monoisotopic (exact) mass is 337 g/mol. The van der Waals surface area contributed by atoms with Crippen molar-refractivity contribution in [3.05, 3.63) is 64.7 Å². The average molecular weight is 337 g/mol. The molecule has 2 aromatic rings. The third-order valence-corrected chi connectivity index (χ3v) is 3.70. The Balaban J connectivity index is 1.94. The zero-order chi connectivity index (χ0) is 18.2. The summed E-state index contributed by atoms with van der Waals surface area (Å²) in [5.74, 6) is -0.329. The molecular formula is C20H23N3O2. The van der Waals surface area contributed by atoms with E-state index in [0.717, 1.165) is 17.5 Å². The van der Waals surface area contributed by atoms with Crippen LogP contribution in [-0.4, -0.2) is 18.0 Å². The van der Waals surface area contributed by atoms with Gasteiger partial charge in [-0.05, 0) is 55.7 Å². The van der Waals surface area contributed by atoms with Gasteiger partial charge in [0.05, 0.1) is 6.21 Å². The largest absolute Gasteiger partial charge is 0.326 e. The molecular weight excluding hydrogens is 314 g/mol. The lowest BCUT2D eigenvalue weighted by Gasteiger charge is -2.05. The van der Waals surface area contributed by atoms with Gasteiger partial charge >= 0.3 is 0 Å². The molecule has 0 bridgehead atoms. The Hall–Kier alpha value is -2.95. The molecule has 130 valence electrons. The molecule has 5 heteroatoms. The van der Waals surface area contributed by atoms with Crippen LogP contribution in [0, 0.1) is 13.8 Å². The van der Waals surface area contributed by atoms with Crippen LogP contribution in [0.15, 0.2) is 47.6 Å². The number of nitrogens with one attached hydrogen (secondary N) is 2. The summed E-state index contributed by atoms with van der Waals surface area (Å²) in [6.07, 6.45) is 2.91. The minimum atomic E-state index is -0.299. The van der Waals surface area contributed by atoms with Gasteiger partial charge in [-0.25, -0.2) is 5.43 Å². The van der Waals surface area contributed by atoms with E-state index in [2.05, 4.69) is 21.9 Å². The number of hydrogen-bond donors (Lipinski definition) is 2. The van der Waals surface area contributed by atoms with Crippen LogP contribution >= 0.6 is 0 Å². The molecule has 0 radical (unpaired) electrons. The highest BCUT2D eigenvalue weighted by Gasteiger charge is 2.05. The van der Waals surface area contributed by atoms with Crippen LogP contribution in [0.4, 0.5) is 5.69 Å². The van der Waals surface area contributed by atoms with E-state index in [4.69, 9.17) is 0 Å². The number of hydrazone groups is 1. The summed E-state index contributed by atoms with van der Waals surface area (Å²) in [6, 6.07) is 12.8. The Bertz CT molecular complexity index is 780. The molecule has 0 atom stereocenters. The SMILES string of the molecule is CCCC(=O)Nc1ccc(C(=O)NN=Cc2ccc(C)cc2C)cc1. The van der Waals surface area contributed by atoms with Gasteiger partial charge in [-0.1, -0.05) is 30.7 Å². The standard InChI is InChI=1S/C20H23N3O2/c1-4-5-19(24)22-18-10-8-16(9-11-18)20(25)23-21-13-17-7-6-14(2)12-15(17)3/h6-13H,4-5H2,1-3H3,(H,22,24)(H,23,25). The zero-order valence-corrected chi connectivity index (χ0v) is 14.8. The van der Waals surface area contributed by atoms with Crippen molar-refractivity contribution < 1.29 is 9.59 Å². The van der Waals surface area contributed by atoms with Gasteiger partial charge in [0.2, 0.25) is 5.91 Å². The number of nitrogens with zero attached hydrogens (tertiary/aromatic N) is 1. The lowest BCUT2D eigenvalue weighted by Crippen LogP contribution is -2.18. The molecule has 0 heterocycles. The van der Waals surface area contributed by atoms with Gasteiger partial charge in [-0.2, -0.15) is 5.10 Å². The second-order valence-corrected chi connectivity index (χ2v) is 5.93. The van der Waals surface area contributed by atoms with E-state index < -0.39 is 0 Å². The van der Waals surface area contributed by atoms with E-state index in [0.29, 0.717) is 17.7 Å². The zero-order valence-electron chi connectivity index (χ0n) is 14.8. The van der Waals surface area contributed by atoms with Gasteiger partial charge in [0.1, 0.15) is 0 Å². The first-order chi connectivity index (χ1) is 12.0. The van der Waals surface area contributed by atoms with Gasteiger partial charge in [0.15, 0.2) is 0 Å². The Morgan fingerprint density at radius 1 is 1.08 bits per heavy atom. The molecule has 2 amide bonds. The minimum absolute atomic E-state index is 0.0298. The highest BCUT2D eigenvalue weighted by molar-refractivity contribution is 5.96. The van der Waals surface area contributed by atoms with Crippen LogP contribution in [0.25, 0.3) is 0 Å². The number of hydrogen-bond acceptors (Lipinski definition) is 3. The fourth-order valence-corrected chi connectivity index (χ4v) is 2.35. The van der Waals surface area contributed by atoms with Gasteiger partial charge in [-0.3, -0.25) is 9.59 Å². The van der Waals surface area contributed by atoms with Crippen LogP contribution in [0.3, 0.4) is 0 Å². The molecule has 0 spiro atoms. The summed E-state index contributed by atoms with van der Waals surface area (Å²) in [4.78, 5) is 23.6. The molecule has 5 nitrogen and oxygen atoms in total. The molecule has 25 heavy (non-hydrogen) atoms. The van der Waals surface area contributed by atoms with Gasteiger partial charge < -0.3 is 5.32 Å². The van der Waals surface area contributed by atoms with Crippen LogP contribution in [0.2, 0.25) is 0 Å². The lowest BCUT2D eigenvalue weighted by molar-refractivity contribution is -0.116. The molecule has 2 rings (SSSR count). The molecule has 0 saturated heterocycles. The summed E-state index contributed by atoms with van der Waals surface area (Å²) in [6.45, 7) is 5.98. The van der Waals surface area contributed by atoms with Crippen LogP contribution in [0.1, 0.15) is 46.8 Å². The number of anilines is 1. The molecule has 0 aliphatic rings. The summed E-state index contributed by atoms with van der Waals surface area (Å²) < 4.78 is 0. The number of benzene rings is 2. The maximum Gasteiger partial charge on any atom is 0.271 e. The minimum Gasteiger partial charge on any atom is -0.326 e. The van der Waals surface area contributed by atoms with Crippen molar-refractivity contribution in [3.63, 3.8) is 0 Å². The van der Waals surface area contributed by atoms with E-state index in [1.165, 1.54) is 5.56 Å².